The van der Waals surface area contributed by atoms with Crippen LogP contribution in [0.2, 0.25) is 0 Å². The SMILES string of the molecule is Cc1ccc(C)c(C(=O)CCCC2CCCO2)c1. The van der Waals surface area contributed by atoms with E-state index < -0.39 is 0 Å². The lowest BCUT2D eigenvalue weighted by Crippen LogP contribution is -2.07. The minimum atomic E-state index is 0.272. The van der Waals surface area contributed by atoms with Gasteiger partial charge in [-0.05, 0) is 51.2 Å². The molecule has 0 bridgehead atoms. The Morgan fingerprint density at radius 2 is 2.22 bits per heavy atom. The molecule has 1 aromatic carbocycles. The van der Waals surface area contributed by atoms with Crippen LogP contribution in [0.4, 0.5) is 0 Å². The van der Waals surface area contributed by atoms with Gasteiger partial charge in [-0.15, -0.1) is 0 Å². The normalized spacial score (nSPS) is 19.1. The molecule has 0 spiro atoms. The number of ketones is 1. The number of ether oxygens (including phenoxy) is 1. The zero-order valence-electron chi connectivity index (χ0n) is 11.4. The van der Waals surface area contributed by atoms with Crippen molar-refractivity contribution in [2.24, 2.45) is 0 Å². The number of carbonyl (C=O) groups is 1. The standard InChI is InChI=1S/C16H22O2/c1-12-8-9-13(2)15(11-12)16(17)7-3-5-14-6-4-10-18-14/h8-9,11,14H,3-7,10H2,1-2H3. The van der Waals surface area contributed by atoms with Gasteiger partial charge in [-0.2, -0.15) is 0 Å². The Bertz CT molecular complexity index is 417. The Morgan fingerprint density at radius 1 is 1.39 bits per heavy atom. The van der Waals surface area contributed by atoms with Crippen LogP contribution in [-0.2, 0) is 4.74 Å². The van der Waals surface area contributed by atoms with Gasteiger partial charge in [0.1, 0.15) is 0 Å². The van der Waals surface area contributed by atoms with Gasteiger partial charge in [0.05, 0.1) is 6.10 Å². The van der Waals surface area contributed by atoms with Crippen LogP contribution >= 0.6 is 0 Å². The molecule has 0 saturated carbocycles. The molecule has 1 fully saturated rings. The highest BCUT2D eigenvalue weighted by atomic mass is 16.5. The molecule has 1 heterocycles. The largest absolute Gasteiger partial charge is 0.378 e. The second-order valence-electron chi connectivity index (χ2n) is 5.27. The highest BCUT2D eigenvalue weighted by Gasteiger charge is 2.16. The van der Waals surface area contributed by atoms with Crippen molar-refractivity contribution in [3.05, 3.63) is 34.9 Å². The lowest BCUT2D eigenvalue weighted by Gasteiger charge is -2.09. The van der Waals surface area contributed by atoms with E-state index in [4.69, 9.17) is 4.74 Å². The summed E-state index contributed by atoms with van der Waals surface area (Å²) in [5.74, 6) is 0.272. The molecule has 1 aliphatic rings. The van der Waals surface area contributed by atoms with E-state index in [2.05, 4.69) is 6.07 Å². The zero-order chi connectivity index (χ0) is 13.0. The molecule has 0 aromatic heterocycles. The molecule has 2 rings (SSSR count). The van der Waals surface area contributed by atoms with E-state index in [9.17, 15) is 4.79 Å². The van der Waals surface area contributed by atoms with Crippen molar-refractivity contribution in [2.45, 2.75) is 52.1 Å². The molecule has 1 aromatic rings. The zero-order valence-corrected chi connectivity index (χ0v) is 11.4. The maximum atomic E-state index is 12.2. The lowest BCUT2D eigenvalue weighted by molar-refractivity contribution is 0.0922. The number of carbonyl (C=O) groups excluding carboxylic acids is 1. The Morgan fingerprint density at radius 3 is 2.94 bits per heavy atom. The summed E-state index contributed by atoms with van der Waals surface area (Å²) < 4.78 is 5.57. The first-order valence-electron chi connectivity index (χ1n) is 6.89. The van der Waals surface area contributed by atoms with E-state index in [0.29, 0.717) is 12.5 Å². The first kappa shape index (κ1) is 13.3. The van der Waals surface area contributed by atoms with E-state index >= 15 is 0 Å². The van der Waals surface area contributed by atoms with Crippen LogP contribution in [0.15, 0.2) is 18.2 Å². The van der Waals surface area contributed by atoms with Gasteiger partial charge < -0.3 is 4.74 Å². The van der Waals surface area contributed by atoms with Crippen molar-refractivity contribution in [3.8, 4) is 0 Å². The van der Waals surface area contributed by atoms with Crippen molar-refractivity contribution < 1.29 is 9.53 Å². The highest BCUT2D eigenvalue weighted by Crippen LogP contribution is 2.19. The first-order valence-corrected chi connectivity index (χ1v) is 6.89. The summed E-state index contributed by atoms with van der Waals surface area (Å²) in [4.78, 5) is 12.2. The third-order valence-corrected chi connectivity index (χ3v) is 3.65. The molecule has 0 radical (unpaired) electrons. The summed E-state index contributed by atoms with van der Waals surface area (Å²) in [5, 5.41) is 0. The molecule has 0 N–H and O–H groups in total. The van der Waals surface area contributed by atoms with Crippen LogP contribution in [0.25, 0.3) is 0 Å². The van der Waals surface area contributed by atoms with Crippen molar-refractivity contribution in [3.63, 3.8) is 0 Å². The second-order valence-corrected chi connectivity index (χ2v) is 5.27. The molecule has 1 atom stereocenters. The van der Waals surface area contributed by atoms with Gasteiger partial charge in [-0.25, -0.2) is 0 Å². The summed E-state index contributed by atoms with van der Waals surface area (Å²) >= 11 is 0. The van der Waals surface area contributed by atoms with Gasteiger partial charge in [0.15, 0.2) is 5.78 Å². The van der Waals surface area contributed by atoms with Gasteiger partial charge in [0, 0.05) is 18.6 Å². The van der Waals surface area contributed by atoms with Gasteiger partial charge in [-0.3, -0.25) is 4.79 Å². The van der Waals surface area contributed by atoms with E-state index in [0.717, 1.165) is 42.6 Å². The third kappa shape index (κ3) is 3.42. The smallest absolute Gasteiger partial charge is 0.163 e. The number of rotatable bonds is 5. The predicted molar refractivity (Wildman–Crippen MR) is 73.1 cm³/mol. The fourth-order valence-corrected chi connectivity index (χ4v) is 2.53. The molecule has 1 saturated heterocycles. The third-order valence-electron chi connectivity index (χ3n) is 3.65. The van der Waals surface area contributed by atoms with E-state index in [1.165, 1.54) is 6.42 Å². The van der Waals surface area contributed by atoms with E-state index in [-0.39, 0.29) is 5.78 Å². The summed E-state index contributed by atoms with van der Waals surface area (Å²) in [6, 6.07) is 6.09. The second kappa shape index (κ2) is 6.14. The number of aryl methyl sites for hydroxylation is 2. The molecular weight excluding hydrogens is 224 g/mol. The average molecular weight is 246 g/mol. The van der Waals surface area contributed by atoms with Crippen molar-refractivity contribution in [1.29, 1.82) is 0 Å². The Labute approximate surface area is 109 Å². The molecule has 1 unspecified atom stereocenters. The van der Waals surface area contributed by atoms with Crippen molar-refractivity contribution in [2.75, 3.05) is 6.61 Å². The van der Waals surface area contributed by atoms with E-state index in [1.54, 1.807) is 0 Å². The lowest BCUT2D eigenvalue weighted by atomic mass is 9.98. The minimum absolute atomic E-state index is 0.272. The van der Waals surface area contributed by atoms with Crippen LogP contribution < -0.4 is 0 Å². The maximum absolute atomic E-state index is 12.2. The molecule has 98 valence electrons. The van der Waals surface area contributed by atoms with E-state index in [1.807, 2.05) is 26.0 Å². The molecular formula is C16H22O2. The molecule has 1 aliphatic heterocycles. The van der Waals surface area contributed by atoms with Gasteiger partial charge in [0.2, 0.25) is 0 Å². The summed E-state index contributed by atoms with van der Waals surface area (Å²) in [6.07, 6.45) is 5.35. The van der Waals surface area contributed by atoms with Gasteiger partial charge in [-0.1, -0.05) is 17.7 Å². The highest BCUT2D eigenvalue weighted by molar-refractivity contribution is 5.97. The molecule has 2 nitrogen and oxygen atoms in total. The number of Topliss-reactive ketones (excluding diaryl/α,β-unsaturated/α-hetero) is 1. The average Bonchev–Trinajstić information content (AvgIpc) is 2.85. The molecule has 0 amide bonds. The van der Waals surface area contributed by atoms with Gasteiger partial charge >= 0.3 is 0 Å². The number of hydrogen-bond donors (Lipinski definition) is 0. The van der Waals surface area contributed by atoms with Crippen molar-refractivity contribution >= 4 is 5.78 Å². The number of hydrogen-bond acceptors (Lipinski definition) is 2. The fourth-order valence-electron chi connectivity index (χ4n) is 2.53. The fraction of sp³-hybridized carbons (Fsp3) is 0.562. The van der Waals surface area contributed by atoms with Crippen LogP contribution in [0.3, 0.4) is 0 Å². The summed E-state index contributed by atoms with van der Waals surface area (Å²) in [5.41, 5.74) is 3.13. The van der Waals surface area contributed by atoms with Crippen LogP contribution in [-0.4, -0.2) is 18.5 Å². The Kier molecular flexibility index (Phi) is 4.54. The van der Waals surface area contributed by atoms with Crippen molar-refractivity contribution in [1.82, 2.24) is 0 Å². The van der Waals surface area contributed by atoms with Crippen LogP contribution in [0, 0.1) is 13.8 Å². The van der Waals surface area contributed by atoms with Gasteiger partial charge in [0.25, 0.3) is 0 Å². The predicted octanol–water partition coefficient (Wildman–Crippen LogP) is 3.84. The molecule has 0 aliphatic carbocycles. The molecule has 18 heavy (non-hydrogen) atoms. The van der Waals surface area contributed by atoms with Crippen LogP contribution in [0.1, 0.15) is 53.6 Å². The molecule has 2 heteroatoms. The Hall–Kier alpha value is -1.15. The number of benzene rings is 1. The van der Waals surface area contributed by atoms with Crippen LogP contribution in [0.5, 0.6) is 0 Å². The first-order chi connectivity index (χ1) is 8.66. The summed E-state index contributed by atoms with van der Waals surface area (Å²) in [7, 11) is 0. The minimum Gasteiger partial charge on any atom is -0.378 e. The summed E-state index contributed by atoms with van der Waals surface area (Å²) in [6.45, 7) is 4.94. The topological polar surface area (TPSA) is 26.3 Å². The quantitative estimate of drug-likeness (QED) is 0.738. The monoisotopic (exact) mass is 246 g/mol. The Balaban J connectivity index is 1.85. The maximum Gasteiger partial charge on any atom is 0.163 e.